The van der Waals surface area contributed by atoms with Crippen LogP contribution >= 0.6 is 0 Å². The zero-order valence-corrected chi connectivity index (χ0v) is 28.0. The number of hydrogen-bond donors (Lipinski definition) is 5. The first-order valence-corrected chi connectivity index (χ1v) is 16.3. The number of rotatable bonds is 34. The monoisotopic (exact) mass is 753 g/mol. The molecule has 1 aliphatic heterocycles. The quantitative estimate of drug-likeness (QED) is 0.0340. The Balaban J connectivity index is 2.10. The Labute approximate surface area is 287 Å². The molecular weight excluding hydrogens is 700 g/mol. The Morgan fingerprint density at radius 2 is 0.880 bits per heavy atom. The summed E-state index contributed by atoms with van der Waals surface area (Å²) in [4.78, 5) is 2.35. The summed E-state index contributed by atoms with van der Waals surface area (Å²) >= 11 is 0. The highest BCUT2D eigenvalue weighted by Gasteiger charge is 2.52. The molecule has 0 aromatic rings. The van der Waals surface area contributed by atoms with Gasteiger partial charge in [0.2, 0.25) is 0 Å². The molecule has 0 radical (unpaired) electrons. The molecule has 0 saturated carbocycles. The highest BCUT2D eigenvalue weighted by molar-refractivity contribution is 4.65. The van der Waals surface area contributed by atoms with Gasteiger partial charge in [0.1, 0.15) is 37.6 Å². The lowest BCUT2D eigenvalue weighted by Crippen LogP contribution is -2.44. The number of nitrogens with zero attached hydrogens (tertiary/aromatic N) is 1. The van der Waals surface area contributed by atoms with Crippen molar-refractivity contribution in [1.82, 2.24) is 4.90 Å². The molecule has 0 aromatic heterocycles. The van der Waals surface area contributed by atoms with Crippen molar-refractivity contribution in [2.45, 2.75) is 68.6 Å². The van der Waals surface area contributed by atoms with Gasteiger partial charge in [-0.1, -0.05) is 0 Å². The van der Waals surface area contributed by atoms with Crippen molar-refractivity contribution in [2.24, 2.45) is 0 Å². The van der Waals surface area contributed by atoms with Crippen LogP contribution in [-0.4, -0.2) is 192 Å². The van der Waals surface area contributed by atoms with Crippen LogP contribution in [0.15, 0.2) is 0 Å². The van der Waals surface area contributed by atoms with E-state index in [1.165, 1.54) is 12.8 Å². The van der Waals surface area contributed by atoms with Gasteiger partial charge in [0.15, 0.2) is 0 Å². The first-order valence-electron chi connectivity index (χ1n) is 16.3. The van der Waals surface area contributed by atoms with Crippen molar-refractivity contribution < 1.29 is 94.5 Å². The van der Waals surface area contributed by atoms with Crippen LogP contribution in [0.25, 0.3) is 0 Å². The minimum atomic E-state index is -5.48. The van der Waals surface area contributed by atoms with Crippen LogP contribution in [0.2, 0.25) is 0 Å². The number of hydrogen-bond acceptors (Lipinski definition) is 15. The Hall–Kier alpha value is -1.02. The summed E-state index contributed by atoms with van der Waals surface area (Å²) in [5.41, 5.74) is 0. The maximum Gasteiger partial charge on any atom is 0.495 e. The van der Waals surface area contributed by atoms with Crippen LogP contribution in [0.1, 0.15) is 25.7 Å². The molecule has 1 aliphatic rings. The molecule has 1 heterocycles. The molecule has 21 heteroatoms. The number of halogens is 6. The van der Waals surface area contributed by atoms with E-state index in [2.05, 4.69) is 23.8 Å². The van der Waals surface area contributed by atoms with Gasteiger partial charge < -0.3 is 63.6 Å². The Bertz CT molecular complexity index is 822. The van der Waals surface area contributed by atoms with E-state index in [0.717, 1.165) is 26.1 Å². The van der Waals surface area contributed by atoms with Crippen molar-refractivity contribution in [3.63, 3.8) is 0 Å². The second-order valence-corrected chi connectivity index (χ2v) is 11.4. The fraction of sp³-hybridized carbons (Fsp3) is 1.00. The van der Waals surface area contributed by atoms with Crippen molar-refractivity contribution in [3.8, 4) is 0 Å². The molecule has 1 fully saturated rings. The second kappa shape index (κ2) is 26.7. The second-order valence-electron chi connectivity index (χ2n) is 11.4. The number of alkyl halides is 6. The first-order chi connectivity index (χ1) is 23.6. The van der Waals surface area contributed by atoms with Gasteiger partial charge >= 0.3 is 18.5 Å². The van der Waals surface area contributed by atoms with E-state index in [1.54, 1.807) is 0 Å². The third kappa shape index (κ3) is 26.7. The van der Waals surface area contributed by atoms with Crippen molar-refractivity contribution >= 4 is 0 Å². The molecule has 0 amide bonds. The maximum atomic E-state index is 13.8. The molecule has 0 aromatic carbocycles. The lowest BCUT2D eigenvalue weighted by Gasteiger charge is -2.26. The molecule has 300 valence electrons. The van der Waals surface area contributed by atoms with Crippen LogP contribution in [0, 0.1) is 0 Å². The molecule has 4 atom stereocenters. The minimum Gasteiger partial charge on any atom is -0.396 e. The maximum absolute atomic E-state index is 13.8. The molecular formula is C29H53F6NO14. The van der Waals surface area contributed by atoms with Crippen LogP contribution in [-0.2, 0) is 42.6 Å². The molecule has 5 N–H and O–H groups in total. The van der Waals surface area contributed by atoms with Gasteiger partial charge in [-0.3, -0.25) is 0 Å². The van der Waals surface area contributed by atoms with Gasteiger partial charge in [0.05, 0.1) is 66.1 Å². The van der Waals surface area contributed by atoms with Gasteiger partial charge in [0, 0.05) is 26.4 Å². The van der Waals surface area contributed by atoms with E-state index < -0.39 is 76.0 Å². The third-order valence-corrected chi connectivity index (χ3v) is 6.34. The fourth-order valence-electron chi connectivity index (χ4n) is 4.14. The van der Waals surface area contributed by atoms with E-state index in [4.69, 9.17) is 28.8 Å². The summed E-state index contributed by atoms with van der Waals surface area (Å²) in [5.74, 6) is 0. The highest BCUT2D eigenvalue weighted by Crippen LogP contribution is 2.33. The van der Waals surface area contributed by atoms with Crippen molar-refractivity contribution in [3.05, 3.63) is 0 Å². The fourth-order valence-corrected chi connectivity index (χ4v) is 4.14. The van der Waals surface area contributed by atoms with Gasteiger partial charge in [-0.25, -0.2) is 9.47 Å². The number of ether oxygens (including phenoxy) is 9. The lowest BCUT2D eigenvalue weighted by atomic mass is 10.4. The highest BCUT2D eigenvalue weighted by atomic mass is 19.3. The van der Waals surface area contributed by atoms with Gasteiger partial charge in [-0.05, 0) is 38.8 Å². The van der Waals surface area contributed by atoms with Crippen LogP contribution in [0.4, 0.5) is 26.3 Å². The predicted octanol–water partition coefficient (Wildman–Crippen LogP) is 0.184. The minimum absolute atomic E-state index is 0.0639. The smallest absolute Gasteiger partial charge is 0.396 e. The Morgan fingerprint density at radius 3 is 1.36 bits per heavy atom. The zero-order chi connectivity index (χ0) is 37.3. The molecule has 15 nitrogen and oxygen atoms in total. The van der Waals surface area contributed by atoms with Gasteiger partial charge in [-0.15, -0.1) is 8.78 Å². The van der Waals surface area contributed by atoms with Crippen LogP contribution in [0.3, 0.4) is 0 Å². The van der Waals surface area contributed by atoms with E-state index in [1.807, 2.05) is 0 Å². The van der Waals surface area contributed by atoms with Crippen LogP contribution in [0.5, 0.6) is 0 Å². The van der Waals surface area contributed by atoms with E-state index in [-0.39, 0.29) is 59.5 Å². The normalized spacial score (nSPS) is 17.3. The number of aliphatic hydroxyl groups excluding tert-OH is 5. The summed E-state index contributed by atoms with van der Waals surface area (Å²) in [6.45, 7) is -3.18. The van der Waals surface area contributed by atoms with E-state index in [9.17, 15) is 46.8 Å². The van der Waals surface area contributed by atoms with E-state index >= 15 is 0 Å². The molecule has 4 unspecified atom stereocenters. The third-order valence-electron chi connectivity index (χ3n) is 6.34. The molecule has 50 heavy (non-hydrogen) atoms. The largest absolute Gasteiger partial charge is 0.495 e. The van der Waals surface area contributed by atoms with E-state index in [0.29, 0.717) is 13.0 Å². The molecule has 1 rings (SSSR count). The summed E-state index contributed by atoms with van der Waals surface area (Å²) in [6, 6.07) is 0. The summed E-state index contributed by atoms with van der Waals surface area (Å²) in [6.07, 6.45) is -16.1. The molecule has 0 bridgehead atoms. The lowest BCUT2D eigenvalue weighted by molar-refractivity contribution is -0.518. The summed E-state index contributed by atoms with van der Waals surface area (Å²) < 4.78 is 123. The molecule has 0 aliphatic carbocycles. The number of aliphatic hydroxyl groups is 5. The van der Waals surface area contributed by atoms with Gasteiger partial charge in [-0.2, -0.15) is 17.6 Å². The number of likely N-dealkylation sites (tertiary alicyclic amines) is 1. The van der Waals surface area contributed by atoms with Crippen molar-refractivity contribution in [1.29, 1.82) is 0 Å². The topological polar surface area (TPSA) is 187 Å². The average molecular weight is 754 g/mol. The summed E-state index contributed by atoms with van der Waals surface area (Å²) in [5, 5.41) is 47.6. The zero-order valence-electron chi connectivity index (χ0n) is 28.0. The SMILES string of the molecule is OCCCOCC(O)COCC(O)COCC(F)(F)OC(F)(F)OC(F)(F)COCCOCC(O)COCC(O)COCCCN1CCCC1. The van der Waals surface area contributed by atoms with Gasteiger partial charge in [0.25, 0.3) is 0 Å². The Kier molecular flexibility index (Phi) is 25.1. The average Bonchev–Trinajstić information content (AvgIpc) is 3.53. The first kappa shape index (κ1) is 47.0. The molecule has 0 spiro atoms. The van der Waals surface area contributed by atoms with Crippen molar-refractivity contribution in [2.75, 3.05) is 119 Å². The Morgan fingerprint density at radius 1 is 0.500 bits per heavy atom. The van der Waals surface area contributed by atoms with Crippen LogP contribution < -0.4 is 0 Å². The predicted molar refractivity (Wildman–Crippen MR) is 159 cm³/mol. The standard InChI is InChI=1S/C29H53F6NO14/c30-27(31,21-45-12-11-44-15-25(40)18-46-16-23(38)13-42-9-3-7-36-5-1-2-6-36)49-29(34,35)50-28(32,33)22-48-20-26(41)19-47-17-24(39)14-43-10-4-8-37/h23-26,37-41H,1-22H2. The summed E-state index contributed by atoms with van der Waals surface area (Å²) in [7, 11) is 0. The molecule has 1 saturated heterocycles.